The van der Waals surface area contributed by atoms with Gasteiger partial charge in [0, 0.05) is 25.3 Å². The molecule has 0 spiro atoms. The van der Waals surface area contributed by atoms with Crippen LogP contribution in [0.3, 0.4) is 0 Å². The van der Waals surface area contributed by atoms with Crippen LogP contribution < -0.4 is 15.0 Å². The van der Waals surface area contributed by atoms with Crippen molar-refractivity contribution in [2.24, 2.45) is 0 Å². The fourth-order valence-corrected chi connectivity index (χ4v) is 3.36. The Kier molecular flexibility index (Phi) is 5.76. The van der Waals surface area contributed by atoms with Gasteiger partial charge in [0.05, 0.1) is 18.9 Å². The SMILES string of the molecule is COc1ccccc1CC(C)Nc1cccnc1N1CCC(O)CC1. The average Bonchev–Trinajstić information content (AvgIpc) is 2.63. The number of para-hydroxylation sites is 1. The Morgan fingerprint density at radius 1 is 1.24 bits per heavy atom. The summed E-state index contributed by atoms with van der Waals surface area (Å²) in [5.41, 5.74) is 2.23. The molecule has 0 bridgehead atoms. The van der Waals surface area contributed by atoms with E-state index in [1.165, 1.54) is 5.56 Å². The van der Waals surface area contributed by atoms with Crippen LogP contribution in [-0.4, -0.2) is 42.4 Å². The molecule has 2 N–H and O–H groups in total. The standard InChI is InChI=1S/C20H27N3O2/c1-15(14-16-6-3-4-8-19(16)25-2)22-18-7-5-11-21-20(18)23-12-9-17(24)10-13-23/h3-8,11,15,17,22,24H,9-10,12-14H2,1-2H3. The van der Waals surface area contributed by atoms with E-state index < -0.39 is 0 Å². The van der Waals surface area contributed by atoms with Crippen molar-refractivity contribution >= 4 is 11.5 Å². The highest BCUT2D eigenvalue weighted by Gasteiger charge is 2.21. The first-order valence-electron chi connectivity index (χ1n) is 8.94. The Labute approximate surface area is 149 Å². The molecule has 3 rings (SSSR count). The molecule has 1 aromatic heterocycles. The molecule has 2 aromatic rings. The van der Waals surface area contributed by atoms with Crippen molar-refractivity contribution < 1.29 is 9.84 Å². The first-order chi connectivity index (χ1) is 12.2. The summed E-state index contributed by atoms with van der Waals surface area (Å²) in [7, 11) is 1.71. The zero-order valence-electron chi connectivity index (χ0n) is 15.0. The molecule has 1 unspecified atom stereocenters. The number of nitrogens with zero attached hydrogens (tertiary/aromatic N) is 2. The third-order valence-electron chi connectivity index (χ3n) is 4.67. The number of pyridine rings is 1. The van der Waals surface area contributed by atoms with Gasteiger partial charge in [-0.3, -0.25) is 0 Å². The summed E-state index contributed by atoms with van der Waals surface area (Å²) in [5.74, 6) is 1.90. The number of ether oxygens (including phenoxy) is 1. The van der Waals surface area contributed by atoms with Crippen molar-refractivity contribution in [3.8, 4) is 5.75 Å². The molecule has 5 heteroatoms. The fourth-order valence-electron chi connectivity index (χ4n) is 3.36. The number of aliphatic hydroxyl groups is 1. The van der Waals surface area contributed by atoms with Gasteiger partial charge in [0.2, 0.25) is 0 Å². The Hall–Kier alpha value is -2.27. The molecule has 5 nitrogen and oxygen atoms in total. The molecule has 1 aliphatic rings. The Balaban J connectivity index is 1.70. The summed E-state index contributed by atoms with van der Waals surface area (Å²) in [6.07, 6.45) is 4.12. The molecule has 1 fully saturated rings. The average molecular weight is 341 g/mol. The summed E-state index contributed by atoms with van der Waals surface area (Å²) in [5, 5.41) is 13.3. The summed E-state index contributed by atoms with van der Waals surface area (Å²) in [6, 6.07) is 12.4. The van der Waals surface area contributed by atoms with Gasteiger partial charge >= 0.3 is 0 Å². The van der Waals surface area contributed by atoms with Crippen LogP contribution in [0.25, 0.3) is 0 Å². The third-order valence-corrected chi connectivity index (χ3v) is 4.67. The highest BCUT2D eigenvalue weighted by atomic mass is 16.5. The van der Waals surface area contributed by atoms with Crippen molar-refractivity contribution in [3.05, 3.63) is 48.2 Å². The van der Waals surface area contributed by atoms with E-state index in [4.69, 9.17) is 4.74 Å². The van der Waals surface area contributed by atoms with Gasteiger partial charge in [-0.25, -0.2) is 4.98 Å². The lowest BCUT2D eigenvalue weighted by Crippen LogP contribution is -2.37. The third kappa shape index (κ3) is 4.42. The molecule has 0 radical (unpaired) electrons. The molecule has 2 heterocycles. The molecular formula is C20H27N3O2. The topological polar surface area (TPSA) is 57.6 Å². The summed E-state index contributed by atoms with van der Waals surface area (Å²) < 4.78 is 5.45. The Morgan fingerprint density at radius 2 is 2.00 bits per heavy atom. The minimum atomic E-state index is -0.180. The molecule has 1 aliphatic heterocycles. The number of aromatic nitrogens is 1. The molecule has 1 atom stereocenters. The van der Waals surface area contributed by atoms with E-state index >= 15 is 0 Å². The summed E-state index contributed by atoms with van der Waals surface area (Å²) in [4.78, 5) is 6.83. The van der Waals surface area contributed by atoms with Gasteiger partial charge in [0.1, 0.15) is 5.75 Å². The van der Waals surface area contributed by atoms with E-state index in [2.05, 4.69) is 34.3 Å². The van der Waals surface area contributed by atoms with Crippen LogP contribution in [0.2, 0.25) is 0 Å². The van der Waals surface area contributed by atoms with E-state index in [1.54, 1.807) is 7.11 Å². The largest absolute Gasteiger partial charge is 0.496 e. The van der Waals surface area contributed by atoms with Gasteiger partial charge in [0.15, 0.2) is 5.82 Å². The normalized spacial score (nSPS) is 16.5. The lowest BCUT2D eigenvalue weighted by Gasteiger charge is -2.32. The predicted octanol–water partition coefficient (Wildman–Crippen LogP) is 3.09. The zero-order valence-corrected chi connectivity index (χ0v) is 15.0. The van der Waals surface area contributed by atoms with Gasteiger partial charge in [0.25, 0.3) is 0 Å². The second-order valence-corrected chi connectivity index (χ2v) is 6.65. The Bertz CT molecular complexity index is 684. The van der Waals surface area contributed by atoms with Crippen LogP contribution >= 0.6 is 0 Å². The number of benzene rings is 1. The van der Waals surface area contributed by atoms with Crippen molar-refractivity contribution in [1.29, 1.82) is 0 Å². The van der Waals surface area contributed by atoms with Crippen LogP contribution in [0, 0.1) is 0 Å². The number of rotatable bonds is 6. The summed E-state index contributed by atoms with van der Waals surface area (Å²) in [6.45, 7) is 3.85. The Morgan fingerprint density at radius 3 is 2.76 bits per heavy atom. The van der Waals surface area contributed by atoms with Crippen molar-refractivity contribution in [2.45, 2.75) is 38.3 Å². The van der Waals surface area contributed by atoms with E-state index in [0.717, 1.165) is 49.6 Å². The van der Waals surface area contributed by atoms with Crippen molar-refractivity contribution in [2.75, 3.05) is 30.4 Å². The lowest BCUT2D eigenvalue weighted by molar-refractivity contribution is 0.145. The van der Waals surface area contributed by atoms with E-state index in [0.29, 0.717) is 0 Å². The molecule has 25 heavy (non-hydrogen) atoms. The maximum Gasteiger partial charge on any atom is 0.151 e. The smallest absolute Gasteiger partial charge is 0.151 e. The lowest BCUT2D eigenvalue weighted by atomic mass is 10.1. The molecule has 0 saturated carbocycles. The second-order valence-electron chi connectivity index (χ2n) is 6.65. The van der Waals surface area contributed by atoms with Crippen LogP contribution in [-0.2, 0) is 6.42 Å². The second kappa shape index (κ2) is 8.21. The zero-order chi connectivity index (χ0) is 17.6. The van der Waals surface area contributed by atoms with Crippen LogP contribution in [0.1, 0.15) is 25.3 Å². The van der Waals surface area contributed by atoms with E-state index in [-0.39, 0.29) is 12.1 Å². The van der Waals surface area contributed by atoms with Crippen molar-refractivity contribution in [1.82, 2.24) is 4.98 Å². The molecule has 1 aromatic carbocycles. The minimum Gasteiger partial charge on any atom is -0.496 e. The quantitative estimate of drug-likeness (QED) is 0.845. The molecule has 1 saturated heterocycles. The number of nitrogens with one attached hydrogen (secondary N) is 1. The molecule has 0 amide bonds. The maximum absolute atomic E-state index is 9.73. The number of anilines is 2. The molecular weight excluding hydrogens is 314 g/mol. The number of methoxy groups -OCH3 is 1. The number of hydrogen-bond acceptors (Lipinski definition) is 5. The first kappa shape index (κ1) is 17.5. The molecule has 0 aliphatic carbocycles. The van der Waals surface area contributed by atoms with E-state index in [9.17, 15) is 5.11 Å². The van der Waals surface area contributed by atoms with E-state index in [1.807, 2.05) is 30.5 Å². The highest BCUT2D eigenvalue weighted by Crippen LogP contribution is 2.27. The monoisotopic (exact) mass is 341 g/mol. The number of piperidine rings is 1. The van der Waals surface area contributed by atoms with Crippen LogP contribution in [0.5, 0.6) is 5.75 Å². The highest BCUT2D eigenvalue weighted by molar-refractivity contribution is 5.66. The fraction of sp³-hybridized carbons (Fsp3) is 0.450. The van der Waals surface area contributed by atoms with Gasteiger partial charge < -0.3 is 20.1 Å². The van der Waals surface area contributed by atoms with Crippen LogP contribution in [0.15, 0.2) is 42.6 Å². The van der Waals surface area contributed by atoms with Crippen molar-refractivity contribution in [3.63, 3.8) is 0 Å². The van der Waals surface area contributed by atoms with Gasteiger partial charge in [-0.1, -0.05) is 18.2 Å². The predicted molar refractivity (Wildman–Crippen MR) is 101 cm³/mol. The number of aliphatic hydroxyl groups excluding tert-OH is 1. The summed E-state index contributed by atoms with van der Waals surface area (Å²) >= 11 is 0. The van der Waals surface area contributed by atoms with Crippen LogP contribution in [0.4, 0.5) is 11.5 Å². The van der Waals surface area contributed by atoms with Gasteiger partial charge in [-0.15, -0.1) is 0 Å². The molecule has 134 valence electrons. The van der Waals surface area contributed by atoms with Gasteiger partial charge in [-0.05, 0) is 49.9 Å². The number of hydrogen-bond donors (Lipinski definition) is 2. The first-order valence-corrected chi connectivity index (χ1v) is 8.94. The maximum atomic E-state index is 9.73. The minimum absolute atomic E-state index is 0.180. The van der Waals surface area contributed by atoms with Gasteiger partial charge in [-0.2, -0.15) is 0 Å².